The monoisotopic (exact) mass is 471 g/mol. The molecular weight excluding hydrogens is 457 g/mol. The normalized spacial score (nSPS) is 10.7. The van der Waals surface area contributed by atoms with E-state index in [0.717, 1.165) is 5.56 Å². The number of halogens is 2. The van der Waals surface area contributed by atoms with Crippen LogP contribution in [0, 0.1) is 6.92 Å². The summed E-state index contributed by atoms with van der Waals surface area (Å²) in [6.45, 7) is 1.83. The van der Waals surface area contributed by atoms with Crippen molar-refractivity contribution in [2.24, 2.45) is 0 Å². The van der Waals surface area contributed by atoms with Crippen molar-refractivity contribution >= 4 is 57.2 Å². The predicted molar refractivity (Wildman–Crippen MR) is 123 cm³/mol. The number of furan rings is 1. The van der Waals surface area contributed by atoms with Crippen molar-refractivity contribution in [3.8, 4) is 11.3 Å². The highest BCUT2D eigenvalue weighted by Gasteiger charge is 2.15. The van der Waals surface area contributed by atoms with Crippen LogP contribution in [0.3, 0.4) is 0 Å². The van der Waals surface area contributed by atoms with E-state index in [2.05, 4.69) is 15.6 Å². The number of nitrogens with zero attached hydrogens (tertiary/aromatic N) is 1. The van der Waals surface area contributed by atoms with Crippen molar-refractivity contribution in [2.75, 3.05) is 10.6 Å². The summed E-state index contributed by atoms with van der Waals surface area (Å²) < 4.78 is 5.10. The number of carbonyl (C=O) groups excluding carboxylic acids is 2. The maximum absolute atomic E-state index is 12.7. The Morgan fingerprint density at radius 2 is 1.87 bits per heavy atom. The average molecular weight is 472 g/mol. The van der Waals surface area contributed by atoms with Gasteiger partial charge in [0.2, 0.25) is 0 Å². The average Bonchev–Trinajstić information content (AvgIpc) is 3.44. The Labute approximate surface area is 191 Å². The first-order valence-electron chi connectivity index (χ1n) is 9.08. The lowest BCUT2D eigenvalue weighted by atomic mass is 10.1. The van der Waals surface area contributed by atoms with Gasteiger partial charge in [0.05, 0.1) is 17.0 Å². The highest BCUT2D eigenvalue weighted by atomic mass is 35.5. The molecule has 0 unspecified atom stereocenters. The number of amides is 2. The van der Waals surface area contributed by atoms with Crippen molar-refractivity contribution in [1.82, 2.24) is 4.98 Å². The van der Waals surface area contributed by atoms with Crippen LogP contribution in [-0.2, 0) is 0 Å². The summed E-state index contributed by atoms with van der Waals surface area (Å²) >= 11 is 13.5. The summed E-state index contributed by atoms with van der Waals surface area (Å²) in [6.07, 6.45) is 1.42. The molecule has 0 aliphatic heterocycles. The Morgan fingerprint density at radius 1 is 1.03 bits per heavy atom. The maximum atomic E-state index is 12.7. The van der Waals surface area contributed by atoms with E-state index in [-0.39, 0.29) is 11.7 Å². The van der Waals surface area contributed by atoms with Gasteiger partial charge in [0.1, 0.15) is 0 Å². The summed E-state index contributed by atoms with van der Waals surface area (Å²) in [5.74, 6) is -0.565. The Bertz CT molecular complexity index is 1270. The molecule has 2 aromatic heterocycles. The second kappa shape index (κ2) is 8.93. The Hall–Kier alpha value is -3.13. The molecule has 0 atom stereocenters. The number of carbonyl (C=O) groups is 2. The van der Waals surface area contributed by atoms with E-state index in [9.17, 15) is 9.59 Å². The van der Waals surface area contributed by atoms with Crippen molar-refractivity contribution in [3.63, 3.8) is 0 Å². The van der Waals surface area contributed by atoms with Gasteiger partial charge in [0.25, 0.3) is 11.8 Å². The van der Waals surface area contributed by atoms with Gasteiger partial charge in [-0.1, -0.05) is 29.3 Å². The first-order valence-corrected chi connectivity index (χ1v) is 10.7. The Balaban J connectivity index is 1.51. The van der Waals surface area contributed by atoms with Gasteiger partial charge in [0, 0.05) is 27.2 Å². The van der Waals surface area contributed by atoms with Gasteiger partial charge in [-0.05, 0) is 55.0 Å². The van der Waals surface area contributed by atoms with Crippen molar-refractivity contribution in [3.05, 3.63) is 87.1 Å². The van der Waals surface area contributed by atoms with Gasteiger partial charge >= 0.3 is 0 Å². The van der Waals surface area contributed by atoms with Gasteiger partial charge in [-0.25, -0.2) is 4.98 Å². The van der Waals surface area contributed by atoms with E-state index in [1.54, 1.807) is 53.9 Å². The van der Waals surface area contributed by atoms with Crippen LogP contribution in [0.15, 0.2) is 64.6 Å². The Morgan fingerprint density at radius 3 is 2.65 bits per heavy atom. The minimum Gasteiger partial charge on any atom is -0.459 e. The molecule has 0 saturated carbocycles. The molecule has 0 radical (unpaired) electrons. The molecule has 4 aromatic rings. The highest BCUT2D eigenvalue weighted by Crippen LogP contribution is 2.32. The summed E-state index contributed by atoms with van der Waals surface area (Å²) in [7, 11) is 0. The zero-order chi connectivity index (χ0) is 22.0. The number of benzene rings is 2. The molecule has 9 heteroatoms. The molecule has 0 fully saturated rings. The van der Waals surface area contributed by atoms with Crippen LogP contribution >= 0.6 is 34.5 Å². The van der Waals surface area contributed by atoms with Gasteiger partial charge < -0.3 is 9.73 Å². The van der Waals surface area contributed by atoms with Crippen molar-refractivity contribution in [2.45, 2.75) is 6.92 Å². The van der Waals surface area contributed by atoms with Gasteiger partial charge in [-0.2, -0.15) is 0 Å². The number of anilines is 2. The largest absolute Gasteiger partial charge is 0.459 e. The fourth-order valence-corrected chi connectivity index (χ4v) is 3.90. The second-order valence-electron chi connectivity index (χ2n) is 6.58. The summed E-state index contributed by atoms with van der Waals surface area (Å²) in [5, 5.41) is 8.79. The predicted octanol–water partition coefficient (Wildman–Crippen LogP) is 6.52. The van der Waals surface area contributed by atoms with Gasteiger partial charge in [-0.15, -0.1) is 11.3 Å². The van der Waals surface area contributed by atoms with E-state index in [0.29, 0.717) is 37.7 Å². The van der Waals surface area contributed by atoms with E-state index >= 15 is 0 Å². The molecule has 0 aliphatic rings. The van der Waals surface area contributed by atoms with E-state index in [1.807, 2.05) is 6.92 Å². The topological polar surface area (TPSA) is 84.2 Å². The van der Waals surface area contributed by atoms with Crippen LogP contribution in [0.1, 0.15) is 26.5 Å². The SMILES string of the molecule is Cc1ccc(C(=O)Nc2nc(-c3cc(Cl)ccc3Cl)cs2)cc1NC(=O)c1ccco1. The number of aryl methyl sites for hydroxylation is 1. The smallest absolute Gasteiger partial charge is 0.291 e. The van der Waals surface area contributed by atoms with E-state index < -0.39 is 5.91 Å². The molecule has 2 heterocycles. The van der Waals surface area contributed by atoms with E-state index in [4.69, 9.17) is 27.6 Å². The van der Waals surface area contributed by atoms with Crippen LogP contribution in [0.5, 0.6) is 0 Å². The molecule has 2 N–H and O–H groups in total. The molecule has 0 aliphatic carbocycles. The number of thiazole rings is 1. The zero-order valence-electron chi connectivity index (χ0n) is 16.1. The number of hydrogen-bond acceptors (Lipinski definition) is 5. The molecular formula is C22H15Cl2N3O3S. The number of rotatable bonds is 5. The molecule has 0 saturated heterocycles. The van der Waals surface area contributed by atoms with Crippen molar-refractivity contribution in [1.29, 1.82) is 0 Å². The molecule has 6 nitrogen and oxygen atoms in total. The molecule has 0 bridgehead atoms. The van der Waals surface area contributed by atoms with Gasteiger partial charge in [0.15, 0.2) is 10.9 Å². The molecule has 2 amide bonds. The Kier molecular flexibility index (Phi) is 6.08. The molecule has 156 valence electrons. The molecule has 0 spiro atoms. The minimum atomic E-state index is -0.395. The fraction of sp³-hybridized carbons (Fsp3) is 0.0455. The van der Waals surface area contributed by atoms with Crippen LogP contribution in [-0.4, -0.2) is 16.8 Å². The maximum Gasteiger partial charge on any atom is 0.291 e. The highest BCUT2D eigenvalue weighted by molar-refractivity contribution is 7.14. The zero-order valence-corrected chi connectivity index (χ0v) is 18.4. The molecule has 2 aromatic carbocycles. The number of aromatic nitrogens is 1. The van der Waals surface area contributed by atoms with Crippen LogP contribution in [0.2, 0.25) is 10.0 Å². The lowest BCUT2D eigenvalue weighted by Crippen LogP contribution is -2.15. The van der Waals surface area contributed by atoms with Gasteiger partial charge in [-0.3, -0.25) is 14.9 Å². The first kappa shape index (κ1) is 21.1. The van der Waals surface area contributed by atoms with Crippen LogP contribution in [0.4, 0.5) is 10.8 Å². The standard InChI is InChI=1S/C22H15Cl2N3O3S/c1-12-4-5-13(9-17(12)25-21(29)19-3-2-8-30-19)20(28)27-22-26-18(11-31-22)15-10-14(23)6-7-16(15)24/h2-11H,1H3,(H,25,29)(H,26,27,28). The van der Waals surface area contributed by atoms with Crippen LogP contribution < -0.4 is 10.6 Å². The molecule has 31 heavy (non-hydrogen) atoms. The summed E-state index contributed by atoms with van der Waals surface area (Å²) in [5.41, 5.74) is 2.99. The number of nitrogens with one attached hydrogen (secondary N) is 2. The quantitative estimate of drug-likeness (QED) is 0.346. The van der Waals surface area contributed by atoms with E-state index in [1.165, 1.54) is 17.6 Å². The molecule has 4 rings (SSSR count). The third kappa shape index (κ3) is 4.80. The minimum absolute atomic E-state index is 0.184. The third-order valence-electron chi connectivity index (χ3n) is 4.42. The second-order valence-corrected chi connectivity index (χ2v) is 8.28. The first-order chi connectivity index (χ1) is 14.9. The fourth-order valence-electron chi connectivity index (χ4n) is 2.81. The lowest BCUT2D eigenvalue weighted by Gasteiger charge is -2.09. The third-order valence-corrected chi connectivity index (χ3v) is 5.74. The lowest BCUT2D eigenvalue weighted by molar-refractivity contribution is 0.0993. The van der Waals surface area contributed by atoms with Crippen molar-refractivity contribution < 1.29 is 14.0 Å². The number of hydrogen-bond donors (Lipinski definition) is 2. The summed E-state index contributed by atoms with van der Waals surface area (Å²) in [6, 6.07) is 13.3. The van der Waals surface area contributed by atoms with Crippen LogP contribution in [0.25, 0.3) is 11.3 Å². The summed E-state index contributed by atoms with van der Waals surface area (Å²) in [4.78, 5) is 29.4.